The fourth-order valence-electron chi connectivity index (χ4n) is 4.03. The zero-order chi connectivity index (χ0) is 29.0. The standard InChI is InChI=1S/C31H24N2O7S/c1-21-11-17-26(18-12-21)41(37,38)40-28-10-6-5-9-23(28)19-27-29(34)32-31(36)33(30(27)35)24-13-15-25(16-14-24)39-20-22-7-3-2-4-8-22/h2-19H,20H2,1H3,(H,32,34,36)/b27-19+. The number of barbiturate groups is 1. The minimum Gasteiger partial charge on any atom is -0.489 e. The Hall–Kier alpha value is -5.22. The van der Waals surface area contributed by atoms with Gasteiger partial charge in [0.1, 0.15) is 28.6 Å². The summed E-state index contributed by atoms with van der Waals surface area (Å²) in [5, 5.41) is 2.16. The van der Waals surface area contributed by atoms with Crippen LogP contribution in [0.1, 0.15) is 16.7 Å². The molecule has 41 heavy (non-hydrogen) atoms. The number of urea groups is 1. The van der Waals surface area contributed by atoms with Crippen LogP contribution in [0.15, 0.2) is 114 Å². The number of rotatable bonds is 8. The van der Waals surface area contributed by atoms with Crippen LogP contribution in [-0.2, 0) is 26.3 Å². The Labute approximate surface area is 236 Å². The SMILES string of the molecule is Cc1ccc(S(=O)(=O)Oc2ccccc2/C=C2\C(=O)NC(=O)N(c3ccc(OCc4ccccc4)cc3)C2=O)cc1. The summed E-state index contributed by atoms with van der Waals surface area (Å²) in [5.74, 6) is -1.37. The van der Waals surface area contributed by atoms with Gasteiger partial charge in [-0.3, -0.25) is 14.9 Å². The molecule has 5 rings (SSSR count). The van der Waals surface area contributed by atoms with Crippen LogP contribution >= 0.6 is 0 Å². The summed E-state index contributed by atoms with van der Waals surface area (Å²) in [6.07, 6.45) is 1.19. The van der Waals surface area contributed by atoms with Crippen molar-refractivity contribution in [2.24, 2.45) is 0 Å². The van der Waals surface area contributed by atoms with Gasteiger partial charge in [0.05, 0.1) is 5.69 Å². The smallest absolute Gasteiger partial charge is 0.339 e. The molecule has 0 atom stereocenters. The molecule has 1 heterocycles. The van der Waals surface area contributed by atoms with Crippen molar-refractivity contribution in [1.29, 1.82) is 0 Å². The monoisotopic (exact) mass is 568 g/mol. The largest absolute Gasteiger partial charge is 0.489 e. The second kappa shape index (κ2) is 11.5. The van der Waals surface area contributed by atoms with Crippen molar-refractivity contribution in [2.75, 3.05) is 4.90 Å². The molecule has 206 valence electrons. The maximum absolute atomic E-state index is 13.4. The van der Waals surface area contributed by atoms with Gasteiger partial charge in [-0.05, 0) is 61.0 Å². The molecule has 0 bridgehead atoms. The highest BCUT2D eigenvalue weighted by Gasteiger charge is 2.37. The Kier molecular flexibility index (Phi) is 7.66. The number of carbonyl (C=O) groups is 3. The molecule has 4 aromatic carbocycles. The average molecular weight is 569 g/mol. The molecule has 0 saturated carbocycles. The van der Waals surface area contributed by atoms with Crippen molar-refractivity contribution < 1.29 is 31.7 Å². The van der Waals surface area contributed by atoms with E-state index in [9.17, 15) is 22.8 Å². The molecule has 0 aliphatic carbocycles. The van der Waals surface area contributed by atoms with Crippen molar-refractivity contribution in [3.8, 4) is 11.5 Å². The maximum atomic E-state index is 13.4. The number of para-hydroxylation sites is 1. The molecule has 1 N–H and O–H groups in total. The number of ether oxygens (including phenoxy) is 1. The number of anilines is 1. The molecule has 10 heteroatoms. The summed E-state index contributed by atoms with van der Waals surface area (Å²) in [4.78, 5) is 39.5. The lowest BCUT2D eigenvalue weighted by Gasteiger charge is -2.26. The Balaban J connectivity index is 1.38. The van der Waals surface area contributed by atoms with E-state index in [-0.39, 0.29) is 27.5 Å². The van der Waals surface area contributed by atoms with E-state index in [2.05, 4.69) is 5.32 Å². The Morgan fingerprint density at radius 1 is 0.805 bits per heavy atom. The van der Waals surface area contributed by atoms with Gasteiger partial charge in [-0.25, -0.2) is 9.69 Å². The number of nitrogens with zero attached hydrogens (tertiary/aromatic N) is 1. The molecular formula is C31H24N2O7S. The normalized spacial score (nSPS) is 14.6. The van der Waals surface area contributed by atoms with Crippen LogP contribution < -0.4 is 19.1 Å². The fourth-order valence-corrected chi connectivity index (χ4v) is 4.98. The van der Waals surface area contributed by atoms with E-state index >= 15 is 0 Å². The van der Waals surface area contributed by atoms with Gasteiger partial charge in [0, 0.05) is 5.56 Å². The van der Waals surface area contributed by atoms with Gasteiger partial charge in [0.2, 0.25) is 0 Å². The molecular weight excluding hydrogens is 544 g/mol. The van der Waals surface area contributed by atoms with Crippen LogP contribution in [0, 0.1) is 6.92 Å². The lowest BCUT2D eigenvalue weighted by atomic mass is 10.1. The van der Waals surface area contributed by atoms with Crippen LogP contribution in [0.5, 0.6) is 11.5 Å². The Bertz CT molecular complexity index is 1750. The van der Waals surface area contributed by atoms with E-state index in [1.165, 1.54) is 42.5 Å². The van der Waals surface area contributed by atoms with Crippen molar-refractivity contribution in [3.63, 3.8) is 0 Å². The highest BCUT2D eigenvalue weighted by molar-refractivity contribution is 7.87. The van der Waals surface area contributed by atoms with Gasteiger partial charge >= 0.3 is 16.1 Å². The number of imide groups is 2. The van der Waals surface area contributed by atoms with Gasteiger partial charge < -0.3 is 8.92 Å². The summed E-state index contributed by atoms with van der Waals surface area (Å²) in [6.45, 7) is 2.17. The highest BCUT2D eigenvalue weighted by Crippen LogP contribution is 2.28. The predicted molar refractivity (Wildman–Crippen MR) is 152 cm³/mol. The number of carbonyl (C=O) groups excluding carboxylic acids is 3. The molecule has 0 aromatic heterocycles. The predicted octanol–water partition coefficient (Wildman–Crippen LogP) is 5.01. The van der Waals surface area contributed by atoms with Crippen molar-refractivity contribution in [1.82, 2.24) is 5.32 Å². The summed E-state index contributed by atoms with van der Waals surface area (Å²) >= 11 is 0. The summed E-state index contributed by atoms with van der Waals surface area (Å²) < 4.78 is 36.9. The summed E-state index contributed by atoms with van der Waals surface area (Å²) in [7, 11) is -4.20. The third kappa shape index (κ3) is 6.18. The first kappa shape index (κ1) is 27.4. The molecule has 4 aromatic rings. The number of hydrogen-bond donors (Lipinski definition) is 1. The second-order valence-electron chi connectivity index (χ2n) is 9.11. The van der Waals surface area contributed by atoms with Crippen LogP contribution in [-0.4, -0.2) is 26.3 Å². The second-order valence-corrected chi connectivity index (χ2v) is 10.7. The minimum absolute atomic E-state index is 0.0509. The topological polar surface area (TPSA) is 119 Å². The average Bonchev–Trinajstić information content (AvgIpc) is 2.96. The molecule has 1 fully saturated rings. The first-order valence-corrected chi connectivity index (χ1v) is 13.9. The number of hydrogen-bond acceptors (Lipinski definition) is 7. The fraction of sp³-hybridized carbons (Fsp3) is 0.0645. The van der Waals surface area contributed by atoms with Gasteiger partial charge in [0.15, 0.2) is 0 Å². The molecule has 9 nitrogen and oxygen atoms in total. The van der Waals surface area contributed by atoms with E-state index in [0.717, 1.165) is 16.0 Å². The van der Waals surface area contributed by atoms with Crippen molar-refractivity contribution in [3.05, 3.63) is 125 Å². The van der Waals surface area contributed by atoms with Crippen molar-refractivity contribution in [2.45, 2.75) is 18.4 Å². The first-order valence-electron chi connectivity index (χ1n) is 12.5. The molecule has 4 amide bonds. The third-order valence-electron chi connectivity index (χ3n) is 6.17. The zero-order valence-corrected chi connectivity index (χ0v) is 22.6. The Morgan fingerprint density at radius 2 is 1.46 bits per heavy atom. The van der Waals surface area contributed by atoms with Crippen LogP contribution in [0.4, 0.5) is 10.5 Å². The van der Waals surface area contributed by atoms with Gasteiger partial charge in [0.25, 0.3) is 11.8 Å². The summed E-state index contributed by atoms with van der Waals surface area (Å²) in [6, 6.07) is 27.1. The van der Waals surface area contributed by atoms with Gasteiger partial charge in [-0.2, -0.15) is 8.42 Å². The number of amides is 4. The lowest BCUT2D eigenvalue weighted by molar-refractivity contribution is -0.122. The van der Waals surface area contributed by atoms with E-state index in [1.807, 2.05) is 37.3 Å². The zero-order valence-electron chi connectivity index (χ0n) is 21.8. The van der Waals surface area contributed by atoms with E-state index in [0.29, 0.717) is 12.4 Å². The van der Waals surface area contributed by atoms with E-state index in [4.69, 9.17) is 8.92 Å². The highest BCUT2D eigenvalue weighted by atomic mass is 32.2. The van der Waals surface area contributed by atoms with Crippen LogP contribution in [0.2, 0.25) is 0 Å². The minimum atomic E-state index is -4.20. The van der Waals surface area contributed by atoms with E-state index < -0.39 is 28.0 Å². The number of benzene rings is 4. The molecule has 0 radical (unpaired) electrons. The van der Waals surface area contributed by atoms with Crippen LogP contribution in [0.25, 0.3) is 6.08 Å². The summed E-state index contributed by atoms with van der Waals surface area (Å²) in [5.41, 5.74) is 1.85. The third-order valence-corrected chi connectivity index (χ3v) is 7.42. The molecule has 1 aliphatic heterocycles. The number of nitrogens with one attached hydrogen (secondary N) is 1. The molecule has 0 spiro atoms. The molecule has 0 unspecified atom stereocenters. The quantitative estimate of drug-likeness (QED) is 0.180. The maximum Gasteiger partial charge on any atom is 0.339 e. The molecule has 1 saturated heterocycles. The van der Waals surface area contributed by atoms with E-state index in [1.54, 1.807) is 36.4 Å². The van der Waals surface area contributed by atoms with Gasteiger partial charge in [-0.15, -0.1) is 0 Å². The van der Waals surface area contributed by atoms with Crippen LogP contribution in [0.3, 0.4) is 0 Å². The Morgan fingerprint density at radius 3 is 2.17 bits per heavy atom. The number of aryl methyl sites for hydroxylation is 1. The lowest BCUT2D eigenvalue weighted by Crippen LogP contribution is -2.54. The van der Waals surface area contributed by atoms with Crippen molar-refractivity contribution >= 4 is 39.7 Å². The molecule has 1 aliphatic rings. The first-order chi connectivity index (χ1) is 19.7. The van der Waals surface area contributed by atoms with Gasteiger partial charge in [-0.1, -0.05) is 66.2 Å².